The number of benzene rings is 1. The standard InChI is InChI=1S/C24H40N2O3S/c1-3-4-5-6-13-20-30-21(2)24(28)26-17-12-8-11-16-23(27)25-18-19-29-22-14-9-7-10-15-22/h7,9-10,14-15,21H,3-6,8,11-13,16-20H2,1-2H3,(H,25,27)(H,26,28). The quantitative estimate of drug-likeness (QED) is 0.320. The van der Waals surface area contributed by atoms with Crippen molar-refractivity contribution in [1.29, 1.82) is 0 Å². The molecular weight excluding hydrogens is 396 g/mol. The number of amides is 2. The zero-order valence-electron chi connectivity index (χ0n) is 18.8. The Bertz CT molecular complexity index is 569. The van der Waals surface area contributed by atoms with Gasteiger partial charge in [-0.05, 0) is 44.1 Å². The number of carbonyl (C=O) groups excluding carboxylic acids is 2. The van der Waals surface area contributed by atoms with Crippen LogP contribution in [0.15, 0.2) is 30.3 Å². The Kier molecular flexibility index (Phi) is 15.9. The van der Waals surface area contributed by atoms with Gasteiger partial charge in [0.25, 0.3) is 0 Å². The van der Waals surface area contributed by atoms with Crippen LogP contribution < -0.4 is 15.4 Å². The molecule has 0 heterocycles. The molecule has 0 spiro atoms. The van der Waals surface area contributed by atoms with E-state index in [0.29, 0.717) is 26.1 Å². The molecule has 2 amide bonds. The van der Waals surface area contributed by atoms with E-state index in [2.05, 4.69) is 17.6 Å². The molecule has 170 valence electrons. The van der Waals surface area contributed by atoms with Gasteiger partial charge in [0, 0.05) is 13.0 Å². The summed E-state index contributed by atoms with van der Waals surface area (Å²) in [7, 11) is 0. The van der Waals surface area contributed by atoms with Crippen molar-refractivity contribution in [2.75, 3.05) is 25.4 Å². The minimum absolute atomic E-state index is 0.0139. The number of hydrogen-bond donors (Lipinski definition) is 2. The molecule has 0 saturated carbocycles. The summed E-state index contributed by atoms with van der Waals surface area (Å²) in [6.45, 7) is 5.87. The minimum Gasteiger partial charge on any atom is -0.492 e. The summed E-state index contributed by atoms with van der Waals surface area (Å²) in [6.07, 6.45) is 9.54. The van der Waals surface area contributed by atoms with Gasteiger partial charge in [0.15, 0.2) is 0 Å². The Morgan fingerprint density at radius 1 is 0.933 bits per heavy atom. The molecule has 0 saturated heterocycles. The first-order valence-corrected chi connectivity index (χ1v) is 12.5. The van der Waals surface area contributed by atoms with E-state index in [0.717, 1.165) is 30.8 Å². The second-order valence-electron chi connectivity index (χ2n) is 7.54. The summed E-state index contributed by atoms with van der Waals surface area (Å²) in [6, 6.07) is 9.58. The smallest absolute Gasteiger partial charge is 0.232 e. The van der Waals surface area contributed by atoms with Gasteiger partial charge < -0.3 is 15.4 Å². The second kappa shape index (κ2) is 18.1. The van der Waals surface area contributed by atoms with Crippen LogP contribution in [0.25, 0.3) is 0 Å². The number of nitrogens with one attached hydrogen (secondary N) is 2. The molecule has 0 aromatic heterocycles. The molecule has 1 unspecified atom stereocenters. The molecule has 0 aliphatic heterocycles. The van der Waals surface area contributed by atoms with Crippen LogP contribution in [0.1, 0.15) is 71.6 Å². The average molecular weight is 437 g/mol. The third-order valence-corrected chi connectivity index (χ3v) is 6.04. The highest BCUT2D eigenvalue weighted by molar-refractivity contribution is 8.00. The molecule has 6 heteroatoms. The summed E-state index contributed by atoms with van der Waals surface area (Å²) in [5.41, 5.74) is 0. The Balaban J connectivity index is 1.91. The zero-order chi connectivity index (χ0) is 21.9. The van der Waals surface area contributed by atoms with E-state index in [1.54, 1.807) is 11.8 Å². The van der Waals surface area contributed by atoms with Crippen molar-refractivity contribution in [1.82, 2.24) is 10.6 Å². The summed E-state index contributed by atoms with van der Waals surface area (Å²) in [5, 5.41) is 5.90. The number of thioether (sulfide) groups is 1. The number of hydrogen-bond acceptors (Lipinski definition) is 4. The molecule has 2 N–H and O–H groups in total. The van der Waals surface area contributed by atoms with Crippen LogP contribution in [-0.2, 0) is 9.59 Å². The summed E-state index contributed by atoms with van der Waals surface area (Å²) >= 11 is 1.75. The maximum Gasteiger partial charge on any atom is 0.232 e. The molecule has 1 rings (SSSR count). The van der Waals surface area contributed by atoms with Gasteiger partial charge in [0.1, 0.15) is 12.4 Å². The van der Waals surface area contributed by atoms with E-state index in [9.17, 15) is 9.59 Å². The number of para-hydroxylation sites is 1. The second-order valence-corrected chi connectivity index (χ2v) is 8.99. The molecule has 0 fully saturated rings. The molecule has 0 aliphatic carbocycles. The summed E-state index contributed by atoms with van der Waals surface area (Å²) in [4.78, 5) is 23.9. The molecule has 30 heavy (non-hydrogen) atoms. The third kappa shape index (κ3) is 14.3. The number of rotatable bonds is 18. The van der Waals surface area contributed by atoms with Crippen molar-refractivity contribution >= 4 is 23.6 Å². The first-order valence-electron chi connectivity index (χ1n) is 11.5. The molecule has 5 nitrogen and oxygen atoms in total. The Morgan fingerprint density at radius 2 is 1.67 bits per heavy atom. The fraction of sp³-hybridized carbons (Fsp3) is 0.667. The molecule has 1 atom stereocenters. The van der Waals surface area contributed by atoms with Gasteiger partial charge in [-0.15, -0.1) is 11.8 Å². The Hall–Kier alpha value is -1.69. The van der Waals surface area contributed by atoms with E-state index >= 15 is 0 Å². The number of carbonyl (C=O) groups is 2. The van der Waals surface area contributed by atoms with Crippen LogP contribution in [0.5, 0.6) is 5.75 Å². The fourth-order valence-electron chi connectivity index (χ4n) is 2.95. The van der Waals surface area contributed by atoms with Crippen LogP contribution in [0.4, 0.5) is 0 Å². The summed E-state index contributed by atoms with van der Waals surface area (Å²) < 4.78 is 5.55. The fourth-order valence-corrected chi connectivity index (χ4v) is 3.91. The lowest BCUT2D eigenvalue weighted by atomic mass is 10.2. The molecule has 0 aliphatic rings. The topological polar surface area (TPSA) is 67.4 Å². The monoisotopic (exact) mass is 436 g/mol. The van der Waals surface area contributed by atoms with Crippen LogP contribution in [0.2, 0.25) is 0 Å². The van der Waals surface area contributed by atoms with E-state index in [-0.39, 0.29) is 17.1 Å². The number of ether oxygens (including phenoxy) is 1. The van der Waals surface area contributed by atoms with E-state index < -0.39 is 0 Å². The SMILES string of the molecule is CCCCCCCSC(C)C(=O)NCCCCCC(=O)NCCOc1ccccc1. The van der Waals surface area contributed by atoms with Crippen molar-refractivity contribution in [2.24, 2.45) is 0 Å². The lowest BCUT2D eigenvalue weighted by Crippen LogP contribution is -2.32. The lowest BCUT2D eigenvalue weighted by Gasteiger charge is -2.12. The summed E-state index contributed by atoms with van der Waals surface area (Å²) in [5.74, 6) is 2.06. The molecule has 1 aromatic rings. The highest BCUT2D eigenvalue weighted by Gasteiger charge is 2.12. The van der Waals surface area contributed by atoms with Crippen molar-refractivity contribution in [3.63, 3.8) is 0 Å². The number of unbranched alkanes of at least 4 members (excludes halogenated alkanes) is 6. The van der Waals surface area contributed by atoms with Crippen LogP contribution in [0.3, 0.4) is 0 Å². The zero-order valence-corrected chi connectivity index (χ0v) is 19.6. The normalized spacial score (nSPS) is 11.7. The predicted molar refractivity (Wildman–Crippen MR) is 127 cm³/mol. The van der Waals surface area contributed by atoms with E-state index in [1.165, 1.54) is 32.1 Å². The van der Waals surface area contributed by atoms with Crippen LogP contribution >= 0.6 is 11.8 Å². The molecule has 0 radical (unpaired) electrons. The first-order chi connectivity index (χ1) is 14.6. The molecule has 1 aromatic carbocycles. The Morgan fingerprint density at radius 3 is 2.43 bits per heavy atom. The molecular formula is C24H40N2O3S. The highest BCUT2D eigenvalue weighted by Crippen LogP contribution is 2.14. The van der Waals surface area contributed by atoms with Gasteiger partial charge in [-0.2, -0.15) is 0 Å². The van der Waals surface area contributed by atoms with Crippen molar-refractivity contribution in [3.05, 3.63) is 30.3 Å². The first kappa shape index (κ1) is 26.3. The van der Waals surface area contributed by atoms with Crippen LogP contribution in [-0.4, -0.2) is 42.5 Å². The van der Waals surface area contributed by atoms with Crippen molar-refractivity contribution in [2.45, 2.75) is 76.9 Å². The lowest BCUT2D eigenvalue weighted by molar-refractivity contribution is -0.121. The minimum atomic E-state index is 0.0139. The van der Waals surface area contributed by atoms with Gasteiger partial charge in [0.05, 0.1) is 11.8 Å². The predicted octanol–water partition coefficient (Wildman–Crippen LogP) is 4.95. The maximum absolute atomic E-state index is 12.1. The third-order valence-electron chi connectivity index (χ3n) is 4.80. The van der Waals surface area contributed by atoms with E-state index in [4.69, 9.17) is 4.74 Å². The van der Waals surface area contributed by atoms with Crippen molar-refractivity contribution in [3.8, 4) is 5.75 Å². The Labute approximate surface area is 187 Å². The maximum atomic E-state index is 12.1. The van der Waals surface area contributed by atoms with Crippen LogP contribution in [0, 0.1) is 0 Å². The molecule has 0 bridgehead atoms. The van der Waals surface area contributed by atoms with Gasteiger partial charge in [-0.1, -0.05) is 57.2 Å². The van der Waals surface area contributed by atoms with Gasteiger partial charge in [0.2, 0.25) is 11.8 Å². The van der Waals surface area contributed by atoms with Gasteiger partial charge in [-0.3, -0.25) is 9.59 Å². The average Bonchev–Trinajstić information content (AvgIpc) is 2.76. The highest BCUT2D eigenvalue weighted by atomic mass is 32.2. The van der Waals surface area contributed by atoms with E-state index in [1.807, 2.05) is 37.3 Å². The van der Waals surface area contributed by atoms with Crippen molar-refractivity contribution < 1.29 is 14.3 Å². The van der Waals surface area contributed by atoms with Gasteiger partial charge >= 0.3 is 0 Å². The largest absolute Gasteiger partial charge is 0.492 e. The van der Waals surface area contributed by atoms with Gasteiger partial charge in [-0.25, -0.2) is 0 Å².